The van der Waals surface area contributed by atoms with Gasteiger partial charge in [0.15, 0.2) is 23.9 Å². The van der Waals surface area contributed by atoms with Crippen LogP contribution in [0, 0.1) is 13.8 Å². The van der Waals surface area contributed by atoms with Gasteiger partial charge < -0.3 is 32.8 Å². The maximum Gasteiger partial charge on any atom is 0.307 e. The van der Waals surface area contributed by atoms with Crippen molar-refractivity contribution in [2.75, 3.05) is 40.0 Å². The first-order chi connectivity index (χ1) is 21.7. The van der Waals surface area contributed by atoms with Crippen molar-refractivity contribution in [1.29, 1.82) is 0 Å². The highest BCUT2D eigenvalue weighted by molar-refractivity contribution is 9.10. The molecule has 1 N–H and O–H groups in total. The molecule has 0 bridgehead atoms. The van der Waals surface area contributed by atoms with Gasteiger partial charge in [0.1, 0.15) is 23.1 Å². The second-order valence-corrected chi connectivity index (χ2v) is 11.3. The van der Waals surface area contributed by atoms with Crippen molar-refractivity contribution in [2.45, 2.75) is 20.5 Å². The Morgan fingerprint density at radius 3 is 2.44 bits per heavy atom. The Kier molecular flexibility index (Phi) is 10.5. The Morgan fingerprint density at radius 2 is 1.76 bits per heavy atom. The number of hydrazone groups is 1. The minimum atomic E-state index is -0.546. The van der Waals surface area contributed by atoms with E-state index in [-0.39, 0.29) is 35.7 Å². The van der Waals surface area contributed by atoms with Crippen molar-refractivity contribution in [3.8, 4) is 22.9 Å². The summed E-state index contributed by atoms with van der Waals surface area (Å²) in [6.07, 6.45) is 1.40. The summed E-state index contributed by atoms with van der Waals surface area (Å²) < 4.78 is 30.5. The number of amides is 2. The second kappa shape index (κ2) is 14.7. The maximum atomic E-state index is 12.6. The van der Waals surface area contributed by atoms with Crippen molar-refractivity contribution >= 4 is 45.6 Å². The van der Waals surface area contributed by atoms with Gasteiger partial charge in [0.2, 0.25) is 0 Å². The quantitative estimate of drug-likeness (QED) is 0.158. The van der Waals surface area contributed by atoms with E-state index in [0.717, 1.165) is 17.1 Å². The molecule has 0 spiro atoms. The number of rotatable bonds is 11. The number of aromatic nitrogens is 1. The summed E-state index contributed by atoms with van der Waals surface area (Å²) >= 11 is 9.97. The van der Waals surface area contributed by atoms with Gasteiger partial charge in [-0.3, -0.25) is 9.59 Å². The third-order valence-corrected chi connectivity index (χ3v) is 8.53. The number of nitrogens with zero attached hydrogens (tertiary/aromatic N) is 3. The third-order valence-electron chi connectivity index (χ3n) is 7.08. The van der Waals surface area contributed by atoms with E-state index in [1.807, 2.05) is 24.3 Å². The number of benzene rings is 2. The minimum absolute atomic E-state index is 0.0722. The second-order valence-electron chi connectivity index (χ2n) is 10.1. The minimum Gasteiger partial charge on any atom is -0.493 e. The fraction of sp³-hybridized carbons (Fsp3) is 0.281. The molecule has 5 rings (SSSR count). The molecule has 45 heavy (non-hydrogen) atoms. The molecule has 4 aromatic rings. The van der Waals surface area contributed by atoms with E-state index >= 15 is 0 Å². The molecule has 2 aromatic carbocycles. The summed E-state index contributed by atoms with van der Waals surface area (Å²) in [5.41, 5.74) is 6.30. The van der Waals surface area contributed by atoms with Crippen LogP contribution in [-0.2, 0) is 16.1 Å². The molecule has 2 amide bonds. The number of morpholine rings is 1. The van der Waals surface area contributed by atoms with Crippen LogP contribution < -0.4 is 19.6 Å². The first kappa shape index (κ1) is 32.1. The maximum absolute atomic E-state index is 12.6. The summed E-state index contributed by atoms with van der Waals surface area (Å²) in [6.45, 7) is 6.07. The fourth-order valence-corrected chi connectivity index (χ4v) is 5.39. The van der Waals surface area contributed by atoms with Crippen LogP contribution in [0.4, 0.5) is 0 Å². The molecule has 11 nitrogen and oxygen atoms in total. The van der Waals surface area contributed by atoms with Crippen molar-refractivity contribution in [2.24, 2.45) is 5.10 Å². The summed E-state index contributed by atoms with van der Waals surface area (Å²) in [5.74, 6) is 1.01. The molecular weight excluding hydrogens is 668 g/mol. The van der Waals surface area contributed by atoms with Gasteiger partial charge in [-0.2, -0.15) is 5.10 Å². The Labute approximate surface area is 273 Å². The normalized spacial score (nSPS) is 13.2. The van der Waals surface area contributed by atoms with Crippen LogP contribution in [0.2, 0.25) is 5.02 Å². The highest BCUT2D eigenvalue weighted by Gasteiger charge is 2.21. The van der Waals surface area contributed by atoms with Crippen molar-refractivity contribution in [3.63, 3.8) is 0 Å². The van der Waals surface area contributed by atoms with Gasteiger partial charge in [0.05, 0.1) is 26.5 Å². The smallest absolute Gasteiger partial charge is 0.307 e. The average Bonchev–Trinajstić information content (AvgIpc) is 3.67. The van der Waals surface area contributed by atoms with Crippen molar-refractivity contribution in [1.82, 2.24) is 14.9 Å². The number of furan rings is 1. The van der Waals surface area contributed by atoms with Crippen molar-refractivity contribution in [3.05, 3.63) is 92.6 Å². The van der Waals surface area contributed by atoms with E-state index in [1.54, 1.807) is 23.1 Å². The molecule has 0 aliphatic carbocycles. The summed E-state index contributed by atoms with van der Waals surface area (Å²) in [6, 6.07) is 16.8. The van der Waals surface area contributed by atoms with Crippen LogP contribution >= 0.6 is 27.5 Å². The van der Waals surface area contributed by atoms with E-state index < -0.39 is 5.91 Å². The molecular formula is C32H32BrClN4O7. The SMILES string of the molecule is COc1cc(/C=N/NC(=O)c2ccc(COc3ccc(-n4c(C)ccc4C)cc3)o2)c(Br)c(Cl)c1OCC(=O)N1CCOCC1. The van der Waals surface area contributed by atoms with Crippen LogP contribution in [0.1, 0.15) is 33.3 Å². The zero-order valence-corrected chi connectivity index (χ0v) is 27.3. The molecule has 236 valence electrons. The number of aryl methyl sites for hydroxylation is 2. The van der Waals surface area contributed by atoms with Crippen LogP contribution in [0.5, 0.6) is 17.2 Å². The molecule has 1 fully saturated rings. The monoisotopic (exact) mass is 698 g/mol. The summed E-state index contributed by atoms with van der Waals surface area (Å²) in [7, 11) is 1.46. The zero-order chi connectivity index (χ0) is 31.9. The number of methoxy groups -OCH3 is 1. The summed E-state index contributed by atoms with van der Waals surface area (Å²) in [5, 5.41) is 4.22. The van der Waals surface area contributed by atoms with Gasteiger partial charge in [-0.15, -0.1) is 0 Å². The van der Waals surface area contributed by atoms with Crippen LogP contribution in [0.15, 0.2) is 68.6 Å². The average molecular weight is 700 g/mol. The molecule has 0 saturated carbocycles. The molecule has 1 aliphatic rings. The molecule has 1 aliphatic heterocycles. The molecule has 0 atom stereocenters. The molecule has 2 aromatic heterocycles. The first-order valence-corrected chi connectivity index (χ1v) is 15.3. The van der Waals surface area contributed by atoms with Crippen molar-refractivity contribution < 1.29 is 33.0 Å². The van der Waals surface area contributed by atoms with Crippen LogP contribution in [0.3, 0.4) is 0 Å². The molecule has 0 radical (unpaired) electrons. The lowest BCUT2D eigenvalue weighted by molar-refractivity contribution is -0.137. The molecule has 0 unspecified atom stereocenters. The van der Waals surface area contributed by atoms with Gasteiger partial charge in [-0.05, 0) is 84.4 Å². The number of halogens is 2. The Hall–Kier alpha value is -4.26. The lowest BCUT2D eigenvalue weighted by Crippen LogP contribution is -2.43. The largest absolute Gasteiger partial charge is 0.493 e. The fourth-order valence-electron chi connectivity index (χ4n) is 4.74. The lowest BCUT2D eigenvalue weighted by atomic mass is 10.2. The molecule has 1 saturated heterocycles. The van der Waals surface area contributed by atoms with E-state index in [1.165, 1.54) is 13.3 Å². The number of hydrogen-bond acceptors (Lipinski definition) is 8. The van der Waals surface area contributed by atoms with Crippen LogP contribution in [-0.4, -0.2) is 67.5 Å². The van der Waals surface area contributed by atoms with Gasteiger partial charge >= 0.3 is 5.91 Å². The Morgan fingerprint density at radius 1 is 1.04 bits per heavy atom. The zero-order valence-electron chi connectivity index (χ0n) is 25.0. The molecule has 13 heteroatoms. The first-order valence-electron chi connectivity index (χ1n) is 14.1. The lowest BCUT2D eigenvalue weighted by Gasteiger charge is -2.27. The topological polar surface area (TPSA) is 117 Å². The molecule has 3 heterocycles. The van der Waals surface area contributed by atoms with E-state index in [4.69, 9.17) is 35.0 Å². The Balaban J connectivity index is 1.15. The number of carbonyl (C=O) groups is 2. The number of ether oxygens (including phenoxy) is 4. The van der Waals surface area contributed by atoms with E-state index in [9.17, 15) is 9.59 Å². The number of carbonyl (C=O) groups excluding carboxylic acids is 2. The predicted octanol–water partition coefficient (Wildman–Crippen LogP) is 5.69. The number of nitrogens with one attached hydrogen (secondary N) is 1. The van der Waals surface area contributed by atoms with Gasteiger partial charge in [0.25, 0.3) is 5.91 Å². The highest BCUT2D eigenvalue weighted by atomic mass is 79.9. The van der Waals surface area contributed by atoms with Crippen LogP contribution in [0.25, 0.3) is 5.69 Å². The number of hydrogen-bond donors (Lipinski definition) is 1. The van der Waals surface area contributed by atoms with Gasteiger partial charge in [0, 0.05) is 40.2 Å². The third kappa shape index (κ3) is 7.70. The summed E-state index contributed by atoms with van der Waals surface area (Å²) in [4.78, 5) is 26.8. The Bertz CT molecular complexity index is 1670. The highest BCUT2D eigenvalue weighted by Crippen LogP contribution is 2.42. The standard InChI is InChI=1S/C32H32BrClN4O7/c1-20-4-5-21(2)38(20)23-6-8-24(9-7-23)43-18-25-10-11-26(45-25)32(40)36-35-17-22-16-27(41-3)31(30(34)29(22)33)44-19-28(39)37-12-14-42-15-13-37/h4-11,16-17H,12-15,18-19H2,1-3H3,(H,36,40)/b35-17+. The van der Waals surface area contributed by atoms with Gasteiger partial charge in [-0.25, -0.2) is 5.43 Å². The van der Waals surface area contributed by atoms with E-state index in [2.05, 4.69) is 57.0 Å². The van der Waals surface area contributed by atoms with E-state index in [0.29, 0.717) is 53.6 Å². The van der Waals surface area contributed by atoms with Gasteiger partial charge in [-0.1, -0.05) is 11.6 Å². The predicted molar refractivity (Wildman–Crippen MR) is 172 cm³/mol.